The van der Waals surface area contributed by atoms with Crippen LogP contribution in [0.4, 0.5) is 30.7 Å². The number of alkyl halides is 7. The third kappa shape index (κ3) is 12.1. The van der Waals surface area contributed by atoms with Gasteiger partial charge in [0, 0.05) is 0 Å². The molecule has 0 aromatic carbocycles. The van der Waals surface area contributed by atoms with Crippen LogP contribution in [0.5, 0.6) is 0 Å². The molecule has 1 N–H and O–H groups in total. The Morgan fingerprint density at radius 1 is 0.694 bits per heavy atom. The maximum Gasteiger partial charge on any atom is 0.460 e. The van der Waals surface area contributed by atoms with Gasteiger partial charge in [-0.1, -0.05) is 104 Å². The van der Waals surface area contributed by atoms with Crippen LogP contribution in [0, 0.1) is 5.92 Å². The predicted molar refractivity (Wildman–Crippen MR) is 124 cm³/mol. The third-order valence-electron chi connectivity index (χ3n) is 5.98. The van der Waals surface area contributed by atoms with Gasteiger partial charge in [-0.15, -0.1) is 0 Å². The van der Waals surface area contributed by atoms with E-state index in [2.05, 4.69) is 6.92 Å². The highest BCUT2D eigenvalue weighted by molar-refractivity contribution is 5.89. The quantitative estimate of drug-likeness (QED) is 0.0973. The number of rotatable bonds is 20. The first-order valence-corrected chi connectivity index (χ1v) is 13.0. The standard InChI is InChI=1S/C25H42F7NO3/c1-4-5-6-7-8-9-10-11-12-13-14-15-16-17-18-36-21(34)20(19(2)3)33-22(35)23(26,27)24(28,29)25(30,31)32/h19-20H,4-18H2,1-3H3,(H,33,35). The van der Waals surface area contributed by atoms with E-state index in [-0.39, 0.29) is 6.61 Å². The fraction of sp³-hybridized carbons (Fsp3) is 0.920. The van der Waals surface area contributed by atoms with Crippen molar-refractivity contribution in [1.29, 1.82) is 0 Å². The van der Waals surface area contributed by atoms with Gasteiger partial charge in [-0.2, -0.15) is 30.7 Å². The highest BCUT2D eigenvalue weighted by Gasteiger charge is 2.76. The highest BCUT2D eigenvalue weighted by atomic mass is 19.4. The van der Waals surface area contributed by atoms with Crippen molar-refractivity contribution in [1.82, 2.24) is 5.32 Å². The summed E-state index contributed by atoms with van der Waals surface area (Å²) in [6.45, 7) is 4.73. The first-order valence-electron chi connectivity index (χ1n) is 13.0. The van der Waals surface area contributed by atoms with Gasteiger partial charge in [-0.25, -0.2) is 4.79 Å². The van der Waals surface area contributed by atoms with Crippen LogP contribution in [0.15, 0.2) is 0 Å². The van der Waals surface area contributed by atoms with Crippen LogP contribution in [0.2, 0.25) is 0 Å². The maximum absolute atomic E-state index is 13.5. The van der Waals surface area contributed by atoms with E-state index >= 15 is 0 Å². The van der Waals surface area contributed by atoms with Crippen molar-refractivity contribution in [2.75, 3.05) is 6.61 Å². The fourth-order valence-corrected chi connectivity index (χ4v) is 3.61. The normalized spacial score (nSPS) is 13.6. The van der Waals surface area contributed by atoms with E-state index in [1.54, 1.807) is 0 Å². The molecule has 0 aliphatic rings. The molecule has 0 heterocycles. The lowest BCUT2D eigenvalue weighted by Gasteiger charge is -2.29. The molecule has 0 radical (unpaired) electrons. The molecule has 0 saturated carbocycles. The summed E-state index contributed by atoms with van der Waals surface area (Å²) in [5.41, 5.74) is 0. The number of nitrogens with one attached hydrogen (secondary N) is 1. The first-order chi connectivity index (χ1) is 16.7. The van der Waals surface area contributed by atoms with E-state index in [1.807, 2.05) is 0 Å². The third-order valence-corrected chi connectivity index (χ3v) is 5.98. The van der Waals surface area contributed by atoms with Crippen LogP contribution >= 0.6 is 0 Å². The largest absolute Gasteiger partial charge is 0.464 e. The summed E-state index contributed by atoms with van der Waals surface area (Å²) in [4.78, 5) is 23.7. The Morgan fingerprint density at radius 3 is 1.44 bits per heavy atom. The highest BCUT2D eigenvalue weighted by Crippen LogP contribution is 2.46. The zero-order valence-corrected chi connectivity index (χ0v) is 21.6. The molecule has 0 aromatic heterocycles. The number of ether oxygens (including phenoxy) is 1. The summed E-state index contributed by atoms with van der Waals surface area (Å²) < 4.78 is 95.0. The number of hydrogen-bond acceptors (Lipinski definition) is 3. The van der Waals surface area contributed by atoms with Crippen LogP contribution in [0.25, 0.3) is 0 Å². The molecule has 36 heavy (non-hydrogen) atoms. The molecule has 0 saturated heterocycles. The Morgan fingerprint density at radius 2 is 1.08 bits per heavy atom. The maximum atomic E-state index is 13.5. The average Bonchev–Trinajstić information content (AvgIpc) is 2.78. The molecule has 1 atom stereocenters. The summed E-state index contributed by atoms with van der Waals surface area (Å²) >= 11 is 0. The Bertz CT molecular complexity index is 625. The monoisotopic (exact) mass is 537 g/mol. The smallest absolute Gasteiger partial charge is 0.460 e. The van der Waals surface area contributed by atoms with E-state index in [0.717, 1.165) is 32.1 Å². The molecule has 1 amide bonds. The SMILES string of the molecule is CCCCCCCCCCCCCCCCOC(=O)C(NC(=O)C(F)(F)C(F)(F)C(F)(F)F)C(C)C. The van der Waals surface area contributed by atoms with Gasteiger partial charge in [0.2, 0.25) is 0 Å². The Balaban J connectivity index is 4.19. The number of esters is 1. The van der Waals surface area contributed by atoms with Gasteiger partial charge < -0.3 is 10.1 Å². The predicted octanol–water partition coefficient (Wildman–Crippen LogP) is 7.98. The fourth-order valence-electron chi connectivity index (χ4n) is 3.61. The molecular formula is C25H42F7NO3. The summed E-state index contributed by atoms with van der Waals surface area (Å²) in [6.07, 6.45) is 8.99. The Hall–Kier alpha value is -1.55. The molecule has 0 aromatic rings. The number of carbonyl (C=O) groups is 2. The van der Waals surface area contributed by atoms with Gasteiger partial charge >= 0.3 is 24.0 Å². The molecule has 0 aliphatic heterocycles. The summed E-state index contributed by atoms with van der Waals surface area (Å²) in [5, 5.41) is 1.29. The molecule has 0 spiro atoms. The van der Waals surface area contributed by atoms with Gasteiger partial charge in [0.1, 0.15) is 6.04 Å². The Labute approximate surface area is 210 Å². The Kier molecular flexibility index (Phi) is 16.3. The van der Waals surface area contributed by atoms with Crippen LogP contribution in [-0.2, 0) is 14.3 Å². The number of unbranched alkanes of at least 4 members (excludes halogenated alkanes) is 13. The average molecular weight is 538 g/mol. The lowest BCUT2D eigenvalue weighted by Crippen LogP contribution is -2.62. The van der Waals surface area contributed by atoms with Crippen LogP contribution in [-0.4, -0.2) is 42.5 Å². The van der Waals surface area contributed by atoms with Gasteiger partial charge in [0.25, 0.3) is 5.91 Å². The van der Waals surface area contributed by atoms with Gasteiger partial charge in [-0.3, -0.25) is 4.79 Å². The number of hydrogen-bond donors (Lipinski definition) is 1. The topological polar surface area (TPSA) is 55.4 Å². The molecular weight excluding hydrogens is 495 g/mol. The lowest BCUT2D eigenvalue weighted by atomic mass is 10.0. The minimum absolute atomic E-state index is 0.0783. The van der Waals surface area contributed by atoms with Crippen molar-refractivity contribution < 1.29 is 45.1 Å². The van der Waals surface area contributed by atoms with Crippen LogP contribution in [0.1, 0.15) is 111 Å². The number of halogens is 7. The van der Waals surface area contributed by atoms with E-state index < -0.39 is 41.9 Å². The zero-order chi connectivity index (χ0) is 27.8. The molecule has 1 unspecified atom stereocenters. The second kappa shape index (κ2) is 17.1. The molecule has 11 heteroatoms. The van der Waals surface area contributed by atoms with E-state index in [4.69, 9.17) is 4.74 Å². The van der Waals surface area contributed by atoms with Crippen LogP contribution in [0.3, 0.4) is 0 Å². The van der Waals surface area contributed by atoms with Gasteiger partial charge in [-0.05, 0) is 12.3 Å². The van der Waals surface area contributed by atoms with E-state index in [1.165, 1.54) is 70.5 Å². The second-order valence-electron chi connectivity index (χ2n) is 9.61. The summed E-state index contributed by atoms with van der Waals surface area (Å²) in [6, 6.07) is -1.79. The van der Waals surface area contributed by atoms with Crippen molar-refractivity contribution in [2.24, 2.45) is 5.92 Å². The van der Waals surface area contributed by atoms with Crippen molar-refractivity contribution >= 4 is 11.9 Å². The number of amides is 1. The van der Waals surface area contributed by atoms with E-state index in [0.29, 0.717) is 6.42 Å². The minimum atomic E-state index is -6.64. The zero-order valence-electron chi connectivity index (χ0n) is 21.6. The molecule has 0 bridgehead atoms. The van der Waals surface area contributed by atoms with Crippen molar-refractivity contribution in [3.8, 4) is 0 Å². The molecule has 4 nitrogen and oxygen atoms in total. The van der Waals surface area contributed by atoms with E-state index in [9.17, 15) is 40.3 Å². The van der Waals surface area contributed by atoms with Gasteiger partial charge in [0.05, 0.1) is 6.61 Å². The number of carbonyl (C=O) groups excluding carboxylic acids is 2. The van der Waals surface area contributed by atoms with Gasteiger partial charge in [0.15, 0.2) is 0 Å². The summed E-state index contributed by atoms with van der Waals surface area (Å²) in [5.74, 6) is -17.6. The van der Waals surface area contributed by atoms with Crippen molar-refractivity contribution in [2.45, 2.75) is 135 Å². The lowest BCUT2D eigenvalue weighted by molar-refractivity contribution is -0.344. The van der Waals surface area contributed by atoms with Crippen LogP contribution < -0.4 is 5.32 Å². The summed E-state index contributed by atoms with van der Waals surface area (Å²) in [7, 11) is 0. The minimum Gasteiger partial charge on any atom is -0.464 e. The second-order valence-corrected chi connectivity index (χ2v) is 9.61. The van der Waals surface area contributed by atoms with Crippen molar-refractivity contribution in [3.05, 3.63) is 0 Å². The van der Waals surface area contributed by atoms with Crippen molar-refractivity contribution in [3.63, 3.8) is 0 Å². The molecule has 0 rings (SSSR count). The first kappa shape index (κ1) is 34.5. The molecule has 0 aliphatic carbocycles. The molecule has 214 valence electrons. The molecule has 0 fully saturated rings.